The maximum absolute atomic E-state index is 12.2. The largest absolute Gasteiger partial charge is 0.481 e. The van der Waals surface area contributed by atoms with Crippen molar-refractivity contribution in [1.82, 2.24) is 4.72 Å². The molecule has 0 saturated heterocycles. The smallest absolute Gasteiger partial charge is 0.316 e. The van der Waals surface area contributed by atoms with Gasteiger partial charge in [0.15, 0.2) is 0 Å². The third-order valence-electron chi connectivity index (χ3n) is 3.56. The van der Waals surface area contributed by atoms with Crippen LogP contribution in [0.15, 0.2) is 53.4 Å². The molecule has 0 aliphatic rings. The summed E-state index contributed by atoms with van der Waals surface area (Å²) in [4.78, 5) is 33.4. The number of carbonyl (C=O) groups excluding carboxylic acids is 1. The van der Waals surface area contributed by atoms with Gasteiger partial charge in [-0.05, 0) is 36.2 Å². The van der Waals surface area contributed by atoms with Crippen LogP contribution in [-0.2, 0) is 26.0 Å². The van der Waals surface area contributed by atoms with Gasteiger partial charge in [0.1, 0.15) is 5.92 Å². The Kier molecular flexibility index (Phi) is 6.13. The number of benzene rings is 2. The lowest BCUT2D eigenvalue weighted by atomic mass is 9.99. The number of aliphatic carboxylic acids is 1. The van der Waals surface area contributed by atoms with Crippen molar-refractivity contribution in [2.75, 3.05) is 0 Å². The summed E-state index contributed by atoms with van der Waals surface area (Å²) in [6.45, 7) is 0. The Morgan fingerprint density at radius 2 is 1.67 bits per heavy atom. The molecule has 2 aromatic rings. The summed E-state index contributed by atoms with van der Waals surface area (Å²) in [6, 6.07) is 9.89. The predicted molar refractivity (Wildman–Crippen MR) is 94.7 cm³/mol. The molecule has 1 amide bonds. The van der Waals surface area contributed by atoms with Crippen molar-refractivity contribution in [3.8, 4) is 0 Å². The summed E-state index contributed by atoms with van der Waals surface area (Å²) in [5.74, 6) is -4.46. The van der Waals surface area contributed by atoms with Crippen molar-refractivity contribution in [1.29, 1.82) is 0 Å². The van der Waals surface area contributed by atoms with Crippen molar-refractivity contribution in [3.05, 3.63) is 69.2 Å². The van der Waals surface area contributed by atoms with E-state index < -0.39 is 32.7 Å². The SMILES string of the molecule is O=C(O)C(Cc1ccc([N+](=O)[O-])cc1)C(=O)NS(=O)(=O)c1ccc(Cl)cc1. The number of nitrogens with zero attached hydrogens (tertiary/aromatic N) is 1. The quantitative estimate of drug-likeness (QED) is 0.402. The molecule has 9 nitrogen and oxygen atoms in total. The maximum Gasteiger partial charge on any atom is 0.316 e. The number of non-ortho nitro benzene ring substituents is 1. The molecule has 0 saturated carbocycles. The summed E-state index contributed by atoms with van der Waals surface area (Å²) < 4.78 is 26.1. The highest BCUT2D eigenvalue weighted by Gasteiger charge is 2.30. The molecule has 0 radical (unpaired) electrons. The third kappa shape index (κ3) is 5.25. The number of nitro benzene ring substituents is 1. The highest BCUT2D eigenvalue weighted by molar-refractivity contribution is 7.90. The first-order valence-corrected chi connectivity index (χ1v) is 9.24. The molecule has 2 rings (SSSR count). The number of hydrogen-bond acceptors (Lipinski definition) is 6. The molecule has 0 bridgehead atoms. The Bertz CT molecular complexity index is 973. The zero-order valence-electron chi connectivity index (χ0n) is 13.5. The number of carbonyl (C=O) groups is 2. The molecule has 0 aliphatic heterocycles. The van der Waals surface area contributed by atoms with Gasteiger partial charge in [-0.1, -0.05) is 23.7 Å². The molecule has 0 fully saturated rings. The van der Waals surface area contributed by atoms with E-state index >= 15 is 0 Å². The van der Waals surface area contributed by atoms with Crippen LogP contribution in [0.5, 0.6) is 0 Å². The van der Waals surface area contributed by atoms with Crippen molar-refractivity contribution in [3.63, 3.8) is 0 Å². The number of rotatable bonds is 7. The highest BCUT2D eigenvalue weighted by atomic mass is 35.5. The minimum absolute atomic E-state index is 0.194. The van der Waals surface area contributed by atoms with E-state index in [2.05, 4.69) is 0 Å². The number of hydrogen-bond donors (Lipinski definition) is 2. The van der Waals surface area contributed by atoms with E-state index in [4.69, 9.17) is 11.6 Å². The van der Waals surface area contributed by atoms with Crippen molar-refractivity contribution >= 4 is 39.2 Å². The summed E-state index contributed by atoms with van der Waals surface area (Å²) in [5.41, 5.74) is 0.132. The Balaban J connectivity index is 2.18. The number of carboxylic acids is 1. The predicted octanol–water partition coefficient (Wildman–Crippen LogP) is 2.00. The van der Waals surface area contributed by atoms with Crippen LogP contribution in [0, 0.1) is 16.0 Å². The highest BCUT2D eigenvalue weighted by Crippen LogP contribution is 2.17. The van der Waals surface area contributed by atoms with Gasteiger partial charge in [0, 0.05) is 17.2 Å². The first-order chi connectivity index (χ1) is 12.6. The zero-order chi connectivity index (χ0) is 20.2. The van der Waals surface area contributed by atoms with Gasteiger partial charge in [0.2, 0.25) is 5.91 Å². The number of nitro groups is 1. The Hall–Kier alpha value is -2.98. The summed E-state index contributed by atoms with van der Waals surface area (Å²) in [6.07, 6.45) is -0.338. The average Bonchev–Trinajstić information content (AvgIpc) is 2.59. The summed E-state index contributed by atoms with van der Waals surface area (Å²) in [5, 5.41) is 20.2. The number of carboxylic acid groups (broad SMARTS) is 1. The van der Waals surface area contributed by atoms with Crippen molar-refractivity contribution < 1.29 is 28.0 Å². The van der Waals surface area contributed by atoms with E-state index in [1.165, 1.54) is 36.4 Å². The molecule has 1 atom stereocenters. The zero-order valence-corrected chi connectivity index (χ0v) is 15.1. The van der Waals surface area contributed by atoms with Gasteiger partial charge in [0.05, 0.1) is 9.82 Å². The fourth-order valence-corrected chi connectivity index (χ4v) is 3.30. The molecule has 27 heavy (non-hydrogen) atoms. The monoisotopic (exact) mass is 412 g/mol. The van der Waals surface area contributed by atoms with Gasteiger partial charge in [0.25, 0.3) is 15.7 Å². The first-order valence-electron chi connectivity index (χ1n) is 7.38. The fraction of sp³-hybridized carbons (Fsp3) is 0.125. The topological polar surface area (TPSA) is 144 Å². The van der Waals surface area contributed by atoms with E-state index in [-0.39, 0.29) is 17.0 Å². The van der Waals surface area contributed by atoms with Gasteiger partial charge in [-0.15, -0.1) is 0 Å². The van der Waals surface area contributed by atoms with E-state index in [9.17, 15) is 33.2 Å². The molecule has 0 spiro atoms. The van der Waals surface area contributed by atoms with Crippen LogP contribution in [0.25, 0.3) is 0 Å². The normalized spacial score (nSPS) is 12.2. The Morgan fingerprint density at radius 3 is 2.15 bits per heavy atom. The van der Waals surface area contributed by atoms with Crippen LogP contribution >= 0.6 is 11.6 Å². The van der Waals surface area contributed by atoms with Gasteiger partial charge >= 0.3 is 5.97 Å². The standard InChI is InChI=1S/C16H13ClN2O7S/c17-11-3-7-13(8-4-11)27(25,26)18-15(20)14(16(21)22)9-10-1-5-12(6-2-10)19(23)24/h1-8,14H,9H2,(H,18,20)(H,21,22). The van der Waals surface area contributed by atoms with Gasteiger partial charge < -0.3 is 5.11 Å². The van der Waals surface area contributed by atoms with Crippen LogP contribution in [-0.4, -0.2) is 30.3 Å². The van der Waals surface area contributed by atoms with Gasteiger partial charge in [-0.3, -0.25) is 19.7 Å². The summed E-state index contributed by atoms with van der Waals surface area (Å²) in [7, 11) is -4.28. The van der Waals surface area contributed by atoms with Crippen LogP contribution in [0.1, 0.15) is 5.56 Å². The molecule has 2 aromatic carbocycles. The number of halogens is 1. The van der Waals surface area contributed by atoms with Crippen molar-refractivity contribution in [2.24, 2.45) is 5.92 Å². The minimum Gasteiger partial charge on any atom is -0.481 e. The minimum atomic E-state index is -4.28. The molecule has 0 heterocycles. The molecule has 0 aliphatic carbocycles. The number of sulfonamides is 1. The molecule has 1 unspecified atom stereocenters. The van der Waals surface area contributed by atoms with Crippen molar-refractivity contribution in [2.45, 2.75) is 11.3 Å². The van der Waals surface area contributed by atoms with Gasteiger partial charge in [-0.25, -0.2) is 13.1 Å². The lowest BCUT2D eigenvalue weighted by Crippen LogP contribution is -2.40. The molecule has 142 valence electrons. The molecular weight excluding hydrogens is 400 g/mol. The Morgan fingerprint density at radius 1 is 1.11 bits per heavy atom. The molecule has 2 N–H and O–H groups in total. The number of amides is 1. The Labute approximate surface area is 158 Å². The first kappa shape index (κ1) is 20.3. The fourth-order valence-electron chi connectivity index (χ4n) is 2.16. The van der Waals surface area contributed by atoms with E-state index in [0.29, 0.717) is 10.6 Å². The van der Waals surface area contributed by atoms with Crippen LogP contribution in [0.4, 0.5) is 5.69 Å². The third-order valence-corrected chi connectivity index (χ3v) is 5.18. The molecule has 11 heteroatoms. The van der Waals surface area contributed by atoms with E-state index in [1.807, 2.05) is 0 Å². The molecular formula is C16H13ClN2O7S. The van der Waals surface area contributed by atoms with Gasteiger partial charge in [-0.2, -0.15) is 0 Å². The lowest BCUT2D eigenvalue weighted by Gasteiger charge is -2.13. The van der Waals surface area contributed by atoms with E-state index in [1.54, 1.807) is 4.72 Å². The van der Waals surface area contributed by atoms with Crippen LogP contribution < -0.4 is 4.72 Å². The second kappa shape index (κ2) is 8.14. The number of nitrogens with one attached hydrogen (secondary N) is 1. The van der Waals surface area contributed by atoms with Crippen LogP contribution in [0.2, 0.25) is 5.02 Å². The lowest BCUT2D eigenvalue weighted by molar-refractivity contribution is -0.384. The second-order valence-electron chi connectivity index (χ2n) is 5.44. The van der Waals surface area contributed by atoms with Crippen LogP contribution in [0.3, 0.4) is 0 Å². The average molecular weight is 413 g/mol. The second-order valence-corrected chi connectivity index (χ2v) is 7.56. The maximum atomic E-state index is 12.2. The van der Waals surface area contributed by atoms with E-state index in [0.717, 1.165) is 12.1 Å². The molecule has 0 aromatic heterocycles. The summed E-state index contributed by atoms with van der Waals surface area (Å²) >= 11 is 5.68.